The number of nitrogens with zero attached hydrogens (tertiary/aromatic N) is 3. The zero-order chi connectivity index (χ0) is 22.0. The quantitative estimate of drug-likeness (QED) is 0.806. The Hall–Kier alpha value is -3.58. The van der Waals surface area contributed by atoms with Gasteiger partial charge in [0.2, 0.25) is 0 Å². The number of hydroxylamine groups is 1. The van der Waals surface area contributed by atoms with Gasteiger partial charge >= 0.3 is 6.18 Å². The fourth-order valence-corrected chi connectivity index (χ4v) is 3.32. The van der Waals surface area contributed by atoms with Crippen molar-refractivity contribution >= 4 is 11.7 Å². The molecule has 2 aliphatic rings. The zero-order valence-electron chi connectivity index (χ0n) is 16.1. The van der Waals surface area contributed by atoms with Crippen LogP contribution in [0.4, 0.5) is 13.2 Å². The lowest BCUT2D eigenvalue weighted by Crippen LogP contribution is -2.30. The third-order valence-corrected chi connectivity index (χ3v) is 4.92. The molecule has 2 aliphatic heterocycles. The monoisotopic (exact) mass is 430 g/mol. The number of likely N-dealkylation sites (tertiary alicyclic amines) is 1. The summed E-state index contributed by atoms with van der Waals surface area (Å²) in [6.07, 6.45) is -6.36. The Kier molecular flexibility index (Phi) is 5.52. The van der Waals surface area contributed by atoms with Crippen LogP contribution in [-0.4, -0.2) is 48.2 Å². The number of ether oxygens (including phenoxy) is 1. The number of alkyl halides is 3. The largest absolute Gasteiger partial charge is 0.489 e. The van der Waals surface area contributed by atoms with Crippen LogP contribution in [-0.2, 0) is 4.84 Å². The molecule has 0 saturated carbocycles. The van der Waals surface area contributed by atoms with Crippen LogP contribution in [0.15, 0.2) is 53.5 Å². The molecule has 0 radical (unpaired) electrons. The highest BCUT2D eigenvalue weighted by Crippen LogP contribution is 2.27. The van der Waals surface area contributed by atoms with Crippen LogP contribution in [0.1, 0.15) is 27.9 Å². The van der Waals surface area contributed by atoms with E-state index in [-0.39, 0.29) is 17.8 Å². The van der Waals surface area contributed by atoms with Crippen molar-refractivity contribution in [2.45, 2.75) is 24.9 Å². The van der Waals surface area contributed by atoms with E-state index in [9.17, 15) is 18.0 Å². The Balaban J connectivity index is 1.34. The molecule has 0 bridgehead atoms. The third-order valence-electron chi connectivity index (χ3n) is 4.92. The Morgan fingerprint density at radius 3 is 2.52 bits per heavy atom. The third kappa shape index (κ3) is 4.62. The highest BCUT2D eigenvalue weighted by Gasteiger charge is 2.44. The minimum Gasteiger partial charge on any atom is -0.489 e. The number of aliphatic imine (C=N–C) groups is 1. The average molecular weight is 430 g/mol. The first-order chi connectivity index (χ1) is 14.8. The summed E-state index contributed by atoms with van der Waals surface area (Å²) < 4.78 is 43.8. The number of benzene rings is 2. The van der Waals surface area contributed by atoms with Crippen molar-refractivity contribution < 1.29 is 27.5 Å². The van der Waals surface area contributed by atoms with Gasteiger partial charge in [0.05, 0.1) is 18.2 Å². The molecular weight excluding hydrogens is 413 g/mol. The Morgan fingerprint density at radius 2 is 1.90 bits per heavy atom. The maximum atomic E-state index is 12.6. The van der Waals surface area contributed by atoms with Gasteiger partial charge in [0.25, 0.3) is 12.1 Å². The summed E-state index contributed by atoms with van der Waals surface area (Å²) in [4.78, 5) is 22.2. The van der Waals surface area contributed by atoms with E-state index in [0.29, 0.717) is 42.0 Å². The minimum atomic E-state index is -4.58. The highest BCUT2D eigenvalue weighted by molar-refractivity contribution is 5.99. The number of hydrogen-bond acceptors (Lipinski definition) is 6. The lowest BCUT2D eigenvalue weighted by Gasteiger charge is -2.17. The number of rotatable bonds is 4. The van der Waals surface area contributed by atoms with Gasteiger partial charge in [0.1, 0.15) is 11.9 Å². The summed E-state index contributed by atoms with van der Waals surface area (Å²) in [5.41, 5.74) is 3.62. The second-order valence-corrected chi connectivity index (χ2v) is 7.08. The fourth-order valence-electron chi connectivity index (χ4n) is 3.32. The molecule has 160 valence electrons. The summed E-state index contributed by atoms with van der Waals surface area (Å²) in [5.74, 6) is 0.401. The van der Waals surface area contributed by atoms with Crippen molar-refractivity contribution in [1.82, 2.24) is 10.4 Å². The first-order valence-electron chi connectivity index (χ1n) is 9.46. The van der Waals surface area contributed by atoms with E-state index >= 15 is 0 Å². The maximum absolute atomic E-state index is 12.6. The minimum absolute atomic E-state index is 0.00562. The van der Waals surface area contributed by atoms with Crippen molar-refractivity contribution in [3.05, 3.63) is 65.2 Å². The summed E-state index contributed by atoms with van der Waals surface area (Å²) in [7, 11) is 0. The number of amidine groups is 1. The van der Waals surface area contributed by atoms with E-state index < -0.39 is 12.4 Å². The van der Waals surface area contributed by atoms with Crippen molar-refractivity contribution in [2.24, 2.45) is 4.99 Å². The second kappa shape index (κ2) is 8.28. The number of carbonyl (C=O) groups is 1. The first kappa shape index (κ1) is 20.7. The van der Waals surface area contributed by atoms with E-state index in [4.69, 9.17) is 10.00 Å². The van der Waals surface area contributed by atoms with Gasteiger partial charge in [-0.3, -0.25) is 4.79 Å². The molecule has 1 saturated heterocycles. The molecule has 0 aliphatic carbocycles. The molecule has 31 heavy (non-hydrogen) atoms. The predicted octanol–water partition coefficient (Wildman–Crippen LogP) is 3.02. The van der Waals surface area contributed by atoms with Crippen molar-refractivity contribution in [1.29, 1.82) is 5.26 Å². The lowest BCUT2D eigenvalue weighted by atomic mass is 10.1. The predicted molar refractivity (Wildman–Crippen MR) is 103 cm³/mol. The number of nitrogens with one attached hydrogen (secondary N) is 1. The molecule has 4 rings (SSSR count). The van der Waals surface area contributed by atoms with Crippen LogP contribution in [0.5, 0.6) is 5.75 Å². The zero-order valence-corrected chi connectivity index (χ0v) is 16.1. The summed E-state index contributed by atoms with van der Waals surface area (Å²) in [6.45, 7) is 0.953. The van der Waals surface area contributed by atoms with E-state index in [1.54, 1.807) is 53.4 Å². The fraction of sp³-hybridized carbons (Fsp3) is 0.286. The topological polar surface area (TPSA) is 87.0 Å². The molecule has 2 atom stereocenters. The lowest BCUT2D eigenvalue weighted by molar-refractivity contribution is -0.220. The number of halogens is 3. The first-order valence-corrected chi connectivity index (χ1v) is 9.46. The van der Waals surface area contributed by atoms with Gasteiger partial charge in [-0.1, -0.05) is 0 Å². The number of nitriles is 1. The standard InChI is InChI=1S/C21H17F3N4O3/c22-21(23,24)20-26-18(27-31-20)14-5-7-16(8-6-14)30-17-9-10-28(12-17)19(29)15-3-1-13(11-25)2-4-15/h1-8,17,20H,9-10,12H2,(H,26,27). The van der Waals surface area contributed by atoms with Gasteiger partial charge in [0.15, 0.2) is 5.84 Å². The van der Waals surface area contributed by atoms with Gasteiger partial charge in [-0.25, -0.2) is 15.3 Å². The van der Waals surface area contributed by atoms with Crippen molar-refractivity contribution in [2.75, 3.05) is 13.1 Å². The molecule has 1 N–H and O–H groups in total. The van der Waals surface area contributed by atoms with Crippen LogP contribution < -0.4 is 10.2 Å². The summed E-state index contributed by atoms with van der Waals surface area (Å²) in [6, 6.07) is 14.9. The second-order valence-electron chi connectivity index (χ2n) is 7.08. The van der Waals surface area contributed by atoms with E-state index in [1.807, 2.05) is 6.07 Å². The molecule has 2 aromatic rings. The van der Waals surface area contributed by atoms with Crippen LogP contribution in [0, 0.1) is 11.3 Å². The molecule has 2 heterocycles. The van der Waals surface area contributed by atoms with Crippen LogP contribution in [0.25, 0.3) is 0 Å². The highest BCUT2D eigenvalue weighted by atomic mass is 19.4. The number of carbonyl (C=O) groups excluding carboxylic acids is 1. The van der Waals surface area contributed by atoms with Gasteiger partial charge in [-0.2, -0.15) is 18.4 Å². The number of hydrogen-bond donors (Lipinski definition) is 1. The van der Waals surface area contributed by atoms with Crippen LogP contribution >= 0.6 is 0 Å². The van der Waals surface area contributed by atoms with Gasteiger partial charge in [0, 0.05) is 24.1 Å². The van der Waals surface area contributed by atoms with Crippen LogP contribution in [0.3, 0.4) is 0 Å². The Bertz CT molecular complexity index is 1030. The van der Waals surface area contributed by atoms with Gasteiger partial charge in [-0.15, -0.1) is 0 Å². The van der Waals surface area contributed by atoms with E-state index in [1.165, 1.54) is 0 Å². The molecule has 10 heteroatoms. The average Bonchev–Trinajstić information content (AvgIpc) is 3.44. The molecular formula is C21H17F3N4O3. The normalized spacial score (nSPS) is 20.7. The van der Waals surface area contributed by atoms with Gasteiger partial charge in [-0.05, 0) is 48.5 Å². The van der Waals surface area contributed by atoms with Crippen molar-refractivity contribution in [3.8, 4) is 11.8 Å². The molecule has 2 unspecified atom stereocenters. The van der Waals surface area contributed by atoms with E-state index in [2.05, 4.69) is 15.3 Å². The summed E-state index contributed by atoms with van der Waals surface area (Å²) in [5, 5.41) is 8.85. The Morgan fingerprint density at radius 1 is 1.19 bits per heavy atom. The molecule has 1 fully saturated rings. The van der Waals surface area contributed by atoms with Crippen LogP contribution in [0.2, 0.25) is 0 Å². The Labute approximate surface area is 175 Å². The molecule has 7 nitrogen and oxygen atoms in total. The molecule has 0 spiro atoms. The molecule has 1 amide bonds. The smallest absolute Gasteiger partial charge is 0.437 e. The van der Waals surface area contributed by atoms with Crippen molar-refractivity contribution in [3.63, 3.8) is 0 Å². The maximum Gasteiger partial charge on any atom is 0.437 e. The SMILES string of the molecule is N#Cc1ccc(C(=O)N2CCC(Oc3ccc(C4=NC(C(F)(F)F)ON4)cc3)C2)cc1. The molecule has 0 aromatic heterocycles. The summed E-state index contributed by atoms with van der Waals surface area (Å²) >= 11 is 0. The molecule has 2 aromatic carbocycles. The number of amides is 1. The van der Waals surface area contributed by atoms with Gasteiger partial charge < -0.3 is 9.64 Å². The van der Waals surface area contributed by atoms with E-state index in [0.717, 1.165) is 0 Å².